The van der Waals surface area contributed by atoms with E-state index in [0.29, 0.717) is 10.5 Å². The molecule has 3 atom stereocenters. The number of alkyl halides is 6. The van der Waals surface area contributed by atoms with Crippen molar-refractivity contribution in [3.63, 3.8) is 0 Å². The van der Waals surface area contributed by atoms with E-state index in [1.54, 1.807) is 31.2 Å². The molecule has 3 rings (SSSR count). The van der Waals surface area contributed by atoms with Gasteiger partial charge >= 0.3 is 12.4 Å². The maximum Gasteiger partial charge on any atom is 0.406 e. The number of hydrogen-bond donors (Lipinski definition) is 1. The minimum absolute atomic E-state index is 0.0294. The molecule has 1 fully saturated rings. The Morgan fingerprint density at radius 3 is 2.15 bits per heavy atom. The molecule has 34 heavy (non-hydrogen) atoms. The van der Waals surface area contributed by atoms with Crippen LogP contribution in [0.4, 0.5) is 26.3 Å². The van der Waals surface area contributed by atoms with Crippen LogP contribution in [0, 0.1) is 13.8 Å². The van der Waals surface area contributed by atoms with E-state index in [2.05, 4.69) is 0 Å². The Hall–Kier alpha value is -2.59. The molecular formula is C24H27F6N3O. The fraction of sp³-hybridized carbons (Fsp3) is 0.458. The highest BCUT2D eigenvalue weighted by Crippen LogP contribution is 2.40. The molecule has 1 aliphatic rings. The minimum atomic E-state index is -5.03. The molecule has 0 saturated carbocycles. The van der Waals surface area contributed by atoms with Gasteiger partial charge in [0.05, 0.1) is 6.04 Å². The van der Waals surface area contributed by atoms with Gasteiger partial charge in [-0.3, -0.25) is 9.69 Å². The van der Waals surface area contributed by atoms with Gasteiger partial charge in [-0.2, -0.15) is 26.3 Å². The summed E-state index contributed by atoms with van der Waals surface area (Å²) < 4.78 is 85.2. The van der Waals surface area contributed by atoms with E-state index in [9.17, 15) is 31.1 Å². The summed E-state index contributed by atoms with van der Waals surface area (Å²) in [7, 11) is 0. The van der Waals surface area contributed by atoms with Gasteiger partial charge in [-0.15, -0.1) is 0 Å². The number of rotatable bonds is 5. The van der Waals surface area contributed by atoms with E-state index in [0.717, 1.165) is 16.0 Å². The Morgan fingerprint density at radius 2 is 1.62 bits per heavy atom. The van der Waals surface area contributed by atoms with Crippen LogP contribution in [0.1, 0.15) is 27.0 Å². The lowest BCUT2D eigenvalue weighted by atomic mass is 9.89. The number of amides is 1. The van der Waals surface area contributed by atoms with Gasteiger partial charge in [0.2, 0.25) is 0 Å². The summed E-state index contributed by atoms with van der Waals surface area (Å²) in [5.74, 6) is -0.870. The zero-order valence-electron chi connectivity index (χ0n) is 18.8. The minimum Gasteiger partial charge on any atom is -0.331 e. The lowest BCUT2D eigenvalue weighted by molar-refractivity contribution is -0.260. The van der Waals surface area contributed by atoms with Crippen molar-refractivity contribution in [3.8, 4) is 0 Å². The van der Waals surface area contributed by atoms with Gasteiger partial charge in [0.1, 0.15) is 12.1 Å². The lowest BCUT2D eigenvalue weighted by Gasteiger charge is -2.52. The van der Waals surface area contributed by atoms with Gasteiger partial charge in [0, 0.05) is 25.2 Å². The van der Waals surface area contributed by atoms with E-state index >= 15 is 0 Å². The van der Waals surface area contributed by atoms with Crippen LogP contribution >= 0.6 is 0 Å². The van der Waals surface area contributed by atoms with Crippen LogP contribution in [0.5, 0.6) is 0 Å². The third-order valence-electron chi connectivity index (χ3n) is 6.29. The number of hydrogen-bond acceptors (Lipinski definition) is 3. The maximum absolute atomic E-state index is 14.4. The Labute approximate surface area is 194 Å². The van der Waals surface area contributed by atoms with Gasteiger partial charge in [0.15, 0.2) is 0 Å². The third kappa shape index (κ3) is 5.55. The number of carbonyl (C=O) groups is 1. The Morgan fingerprint density at radius 1 is 0.971 bits per heavy atom. The summed E-state index contributed by atoms with van der Waals surface area (Å²) in [5, 5.41) is 0. The molecule has 0 aliphatic carbocycles. The van der Waals surface area contributed by atoms with Crippen molar-refractivity contribution in [2.75, 3.05) is 19.6 Å². The molecule has 1 heterocycles. The largest absolute Gasteiger partial charge is 0.406 e. The fourth-order valence-electron chi connectivity index (χ4n) is 4.53. The van der Waals surface area contributed by atoms with Crippen LogP contribution < -0.4 is 5.73 Å². The smallest absolute Gasteiger partial charge is 0.331 e. The van der Waals surface area contributed by atoms with Crippen LogP contribution in [-0.2, 0) is 6.42 Å². The molecule has 10 heteroatoms. The summed E-state index contributed by atoms with van der Waals surface area (Å²) >= 11 is 0. The van der Waals surface area contributed by atoms with Crippen molar-refractivity contribution in [2.45, 2.75) is 50.7 Å². The van der Waals surface area contributed by atoms with Crippen LogP contribution in [-0.4, -0.2) is 65.8 Å². The zero-order valence-corrected chi connectivity index (χ0v) is 18.8. The lowest BCUT2D eigenvalue weighted by Crippen LogP contribution is -2.72. The van der Waals surface area contributed by atoms with Crippen LogP contribution in [0.3, 0.4) is 0 Å². The normalized spacial score (nSPS) is 22.1. The number of benzene rings is 2. The standard InChI is InChI=1S/C24H27F6N3O/c1-15-8-9-17(12-16(15)2)13-19-21(24(28,29)30)32(11-10-31)20(23(25,26)27)14-33(19)22(34)18-6-4-3-5-7-18/h3-9,12,19-21H,10-11,13-14,31H2,1-2H3/t19-,20?,21?/m1/s1. The van der Waals surface area contributed by atoms with Crippen LogP contribution in [0.2, 0.25) is 0 Å². The van der Waals surface area contributed by atoms with Crippen molar-refractivity contribution in [1.29, 1.82) is 0 Å². The predicted molar refractivity (Wildman–Crippen MR) is 116 cm³/mol. The molecule has 0 radical (unpaired) electrons. The number of carbonyl (C=O) groups excluding carboxylic acids is 1. The summed E-state index contributed by atoms with van der Waals surface area (Å²) in [6.07, 6.45) is -10.3. The molecule has 1 saturated heterocycles. The highest BCUT2D eigenvalue weighted by Gasteiger charge is 2.60. The van der Waals surface area contributed by atoms with Gasteiger partial charge < -0.3 is 10.6 Å². The van der Waals surface area contributed by atoms with E-state index in [4.69, 9.17) is 5.73 Å². The van der Waals surface area contributed by atoms with Crippen molar-refractivity contribution < 1.29 is 31.1 Å². The maximum atomic E-state index is 14.4. The fourth-order valence-corrected chi connectivity index (χ4v) is 4.53. The van der Waals surface area contributed by atoms with E-state index < -0.39 is 49.5 Å². The first-order valence-corrected chi connectivity index (χ1v) is 10.9. The first-order chi connectivity index (χ1) is 15.8. The zero-order chi connectivity index (χ0) is 25.3. The van der Waals surface area contributed by atoms with Crippen molar-refractivity contribution in [3.05, 3.63) is 70.8 Å². The van der Waals surface area contributed by atoms with Gasteiger partial charge in [-0.25, -0.2) is 0 Å². The van der Waals surface area contributed by atoms with Crippen molar-refractivity contribution in [1.82, 2.24) is 9.80 Å². The van der Waals surface area contributed by atoms with Crippen molar-refractivity contribution in [2.24, 2.45) is 5.73 Å². The van der Waals surface area contributed by atoms with Crippen LogP contribution in [0.25, 0.3) is 0 Å². The molecule has 0 aromatic heterocycles. The van der Waals surface area contributed by atoms with E-state index in [1.807, 2.05) is 6.92 Å². The quantitative estimate of drug-likeness (QED) is 0.633. The first kappa shape index (κ1) is 26.0. The third-order valence-corrected chi connectivity index (χ3v) is 6.29. The van der Waals surface area contributed by atoms with Crippen LogP contribution in [0.15, 0.2) is 48.5 Å². The van der Waals surface area contributed by atoms with Gasteiger partial charge in [-0.1, -0.05) is 36.4 Å². The second-order valence-corrected chi connectivity index (χ2v) is 8.58. The average molecular weight is 487 g/mol. The molecule has 186 valence electrons. The molecule has 2 unspecified atom stereocenters. The Kier molecular flexibility index (Phi) is 7.62. The van der Waals surface area contributed by atoms with E-state index in [-0.39, 0.29) is 18.5 Å². The second kappa shape index (κ2) is 9.95. The highest BCUT2D eigenvalue weighted by atomic mass is 19.4. The molecule has 2 aromatic rings. The van der Waals surface area contributed by atoms with Gasteiger partial charge in [0.25, 0.3) is 5.91 Å². The predicted octanol–water partition coefficient (Wildman–Crippen LogP) is 4.49. The summed E-state index contributed by atoms with van der Waals surface area (Å²) in [4.78, 5) is 14.4. The molecule has 1 aliphatic heterocycles. The van der Waals surface area contributed by atoms with Gasteiger partial charge in [-0.05, 0) is 49.1 Å². The molecule has 2 aromatic carbocycles. The molecule has 2 N–H and O–H groups in total. The molecule has 4 nitrogen and oxygen atoms in total. The monoisotopic (exact) mass is 487 g/mol. The topological polar surface area (TPSA) is 49.6 Å². The van der Waals surface area contributed by atoms with Crippen molar-refractivity contribution >= 4 is 5.91 Å². The molecule has 0 bridgehead atoms. The summed E-state index contributed by atoms with van der Waals surface area (Å²) in [5.41, 5.74) is 7.74. The Balaban J connectivity index is 2.15. The average Bonchev–Trinajstić information content (AvgIpc) is 2.75. The first-order valence-electron chi connectivity index (χ1n) is 10.9. The second-order valence-electron chi connectivity index (χ2n) is 8.58. The molecular weight excluding hydrogens is 460 g/mol. The SMILES string of the molecule is Cc1ccc(C[C@@H]2C(C(F)(F)F)N(CCN)C(C(F)(F)F)CN2C(=O)c2ccccc2)cc1C. The number of nitrogens with two attached hydrogens (primary N) is 1. The summed E-state index contributed by atoms with van der Waals surface area (Å²) in [6, 6.07) is 5.89. The number of nitrogens with zero attached hydrogens (tertiary/aromatic N) is 2. The Bertz CT molecular complexity index is 992. The number of aryl methyl sites for hydroxylation is 2. The highest BCUT2D eigenvalue weighted by molar-refractivity contribution is 5.94. The molecule has 1 amide bonds. The number of halogens is 6. The van der Waals surface area contributed by atoms with E-state index in [1.165, 1.54) is 24.3 Å². The summed E-state index contributed by atoms with van der Waals surface area (Å²) in [6.45, 7) is 1.74. The molecule has 0 spiro atoms. The number of piperazine rings is 1.